The molecule has 2 aromatic carbocycles. The van der Waals surface area contributed by atoms with Crippen LogP contribution < -0.4 is 5.32 Å². The molecule has 9 heteroatoms. The summed E-state index contributed by atoms with van der Waals surface area (Å²) in [6.45, 7) is 11.1. The van der Waals surface area contributed by atoms with Gasteiger partial charge in [-0.05, 0) is 85.4 Å². The van der Waals surface area contributed by atoms with Gasteiger partial charge in [0.2, 0.25) is 11.8 Å². The first-order valence-corrected chi connectivity index (χ1v) is 15.7. The van der Waals surface area contributed by atoms with Gasteiger partial charge in [0.05, 0.1) is 0 Å². The largest absolute Gasteiger partial charge is 0.331 e. The Morgan fingerprint density at radius 1 is 1.00 bits per heavy atom. The van der Waals surface area contributed by atoms with Gasteiger partial charge >= 0.3 is 0 Å². The summed E-state index contributed by atoms with van der Waals surface area (Å²) in [5.74, 6) is -1.07. The Kier molecular flexibility index (Phi) is 7.94. The molecule has 3 aliphatic heterocycles. The number of hydrogen-bond donors (Lipinski definition) is 1. The molecule has 0 bridgehead atoms. The molecule has 2 saturated heterocycles. The van der Waals surface area contributed by atoms with Crippen molar-refractivity contribution < 1.29 is 23.6 Å². The van der Waals surface area contributed by atoms with Gasteiger partial charge in [0, 0.05) is 55.8 Å². The highest BCUT2D eigenvalue weighted by Crippen LogP contribution is 2.44. The molecule has 2 fully saturated rings. The maximum atomic E-state index is 14.2. The Morgan fingerprint density at radius 3 is 2.39 bits per heavy atom. The van der Waals surface area contributed by atoms with Crippen LogP contribution >= 0.6 is 0 Å². The number of nitrogens with one attached hydrogen (secondary N) is 1. The number of carbonyl (C=O) groups is 4. The molecule has 0 aromatic heterocycles. The van der Waals surface area contributed by atoms with Gasteiger partial charge in [0.1, 0.15) is 11.9 Å². The first kappa shape index (κ1) is 30.2. The van der Waals surface area contributed by atoms with Crippen molar-refractivity contribution in [1.29, 1.82) is 0 Å². The minimum absolute atomic E-state index is 0.00201. The van der Waals surface area contributed by atoms with E-state index in [0.29, 0.717) is 31.5 Å². The van der Waals surface area contributed by atoms with Gasteiger partial charge in [-0.15, -0.1) is 0 Å². The van der Waals surface area contributed by atoms with Crippen LogP contribution in [0.3, 0.4) is 0 Å². The van der Waals surface area contributed by atoms with Crippen LogP contribution in [-0.2, 0) is 27.5 Å². The number of fused-ring (bicyclic) bond motifs is 1. The van der Waals surface area contributed by atoms with Crippen molar-refractivity contribution in [3.63, 3.8) is 0 Å². The van der Waals surface area contributed by atoms with Gasteiger partial charge < -0.3 is 9.80 Å². The number of allylic oxidation sites excluding steroid dienone is 1. The molecule has 232 valence electrons. The highest BCUT2D eigenvalue weighted by Gasteiger charge is 2.40. The second-order valence-corrected chi connectivity index (χ2v) is 13.8. The van der Waals surface area contributed by atoms with Gasteiger partial charge in [-0.1, -0.05) is 38.1 Å². The molecule has 8 nitrogen and oxygen atoms in total. The van der Waals surface area contributed by atoms with Crippen molar-refractivity contribution in [1.82, 2.24) is 20.0 Å². The average Bonchev–Trinajstić information content (AvgIpc) is 3.27. The number of piperazine rings is 1. The molecule has 1 N–H and O–H groups in total. The summed E-state index contributed by atoms with van der Waals surface area (Å²) in [7, 11) is 0. The Labute approximate surface area is 258 Å². The number of carbonyl (C=O) groups excluding carboxylic acids is 4. The average molecular weight is 601 g/mol. The van der Waals surface area contributed by atoms with E-state index in [1.165, 1.54) is 12.1 Å². The molecule has 0 spiro atoms. The quantitative estimate of drug-likeness (QED) is 0.504. The van der Waals surface area contributed by atoms with Crippen LogP contribution in [0.5, 0.6) is 0 Å². The summed E-state index contributed by atoms with van der Waals surface area (Å²) >= 11 is 0. The summed E-state index contributed by atoms with van der Waals surface area (Å²) < 4.78 is 13.7. The van der Waals surface area contributed by atoms with Crippen LogP contribution in [0.15, 0.2) is 48.0 Å². The molecule has 0 radical (unpaired) electrons. The fourth-order valence-electron chi connectivity index (χ4n) is 7.55. The summed E-state index contributed by atoms with van der Waals surface area (Å²) in [5.41, 5.74) is 5.47. The molecule has 44 heavy (non-hydrogen) atoms. The second-order valence-electron chi connectivity index (χ2n) is 13.8. The highest BCUT2D eigenvalue weighted by atomic mass is 19.1. The number of hydrogen-bond acceptors (Lipinski definition) is 5. The second kappa shape index (κ2) is 11.6. The zero-order chi connectivity index (χ0) is 31.3. The van der Waals surface area contributed by atoms with E-state index in [0.717, 1.165) is 53.8 Å². The molecule has 0 saturated carbocycles. The van der Waals surface area contributed by atoms with Gasteiger partial charge in [0.25, 0.3) is 11.8 Å². The number of halogens is 1. The van der Waals surface area contributed by atoms with Crippen LogP contribution in [0, 0.1) is 11.2 Å². The molecule has 3 atom stereocenters. The third-order valence-corrected chi connectivity index (χ3v) is 9.75. The van der Waals surface area contributed by atoms with Crippen LogP contribution in [0.1, 0.15) is 86.8 Å². The lowest BCUT2D eigenvalue weighted by molar-refractivity contribution is -0.137. The number of piperidine rings is 1. The monoisotopic (exact) mass is 600 g/mol. The Balaban J connectivity index is 1.15. The van der Waals surface area contributed by atoms with Gasteiger partial charge in [-0.3, -0.25) is 29.4 Å². The molecule has 6 rings (SSSR count). The summed E-state index contributed by atoms with van der Waals surface area (Å²) in [6.07, 6.45) is 3.00. The number of nitrogens with zero attached hydrogens (tertiary/aromatic N) is 3. The summed E-state index contributed by atoms with van der Waals surface area (Å²) in [4.78, 5) is 57.2. The van der Waals surface area contributed by atoms with E-state index in [2.05, 4.69) is 44.0 Å². The lowest BCUT2D eigenvalue weighted by Crippen LogP contribution is -2.58. The van der Waals surface area contributed by atoms with Crippen LogP contribution in [-0.4, -0.2) is 69.5 Å². The topological polar surface area (TPSA) is 90.0 Å². The van der Waals surface area contributed by atoms with E-state index in [1.807, 2.05) is 17.0 Å². The van der Waals surface area contributed by atoms with E-state index >= 15 is 0 Å². The maximum absolute atomic E-state index is 14.2. The zero-order valence-electron chi connectivity index (χ0n) is 26.0. The zero-order valence-corrected chi connectivity index (χ0v) is 26.0. The summed E-state index contributed by atoms with van der Waals surface area (Å²) in [5, 5.41) is 2.35. The van der Waals surface area contributed by atoms with Crippen molar-refractivity contribution in [2.45, 2.75) is 91.0 Å². The van der Waals surface area contributed by atoms with Gasteiger partial charge in [-0.2, -0.15) is 0 Å². The van der Waals surface area contributed by atoms with Crippen molar-refractivity contribution in [3.8, 4) is 0 Å². The molecular formula is C35H41FN4O4. The molecule has 3 unspecified atom stereocenters. The van der Waals surface area contributed by atoms with E-state index in [4.69, 9.17) is 0 Å². The first-order valence-electron chi connectivity index (χ1n) is 15.7. The van der Waals surface area contributed by atoms with Crippen molar-refractivity contribution in [2.75, 3.05) is 13.1 Å². The molecule has 2 aromatic rings. The molecule has 1 aliphatic carbocycles. The standard InChI is InChI=1S/C35H41FN4O4/c1-21-17-38(19-23-5-10-27-25(15-23)20-39(33(27)43)30-11-12-31(41)37-32(30)42)18-22(2)40(21)34(44)28-13-14-35(3,4)16-29(28)24-6-8-26(36)9-7-24/h5-10,15,21-22,30H,11-14,16-20H2,1-4H3,(H,37,41,42). The minimum atomic E-state index is -0.628. The normalized spacial score (nSPS) is 25.8. The molecule has 4 aliphatic rings. The highest BCUT2D eigenvalue weighted by molar-refractivity contribution is 6.05. The molecular weight excluding hydrogens is 559 g/mol. The number of benzene rings is 2. The lowest BCUT2D eigenvalue weighted by Gasteiger charge is -2.46. The predicted molar refractivity (Wildman–Crippen MR) is 164 cm³/mol. The Bertz CT molecular complexity index is 1540. The maximum Gasteiger partial charge on any atom is 0.255 e. The molecule has 4 amide bonds. The first-order chi connectivity index (χ1) is 20.9. The third-order valence-electron chi connectivity index (χ3n) is 9.75. The lowest BCUT2D eigenvalue weighted by atomic mass is 9.72. The third kappa shape index (κ3) is 5.82. The van der Waals surface area contributed by atoms with E-state index in [9.17, 15) is 23.6 Å². The minimum Gasteiger partial charge on any atom is -0.331 e. The number of amides is 4. The fraction of sp³-hybridized carbons (Fsp3) is 0.486. The van der Waals surface area contributed by atoms with E-state index in [1.54, 1.807) is 17.0 Å². The van der Waals surface area contributed by atoms with Crippen molar-refractivity contribution >= 4 is 29.2 Å². The van der Waals surface area contributed by atoms with Crippen LogP contribution in [0.4, 0.5) is 4.39 Å². The predicted octanol–water partition coefficient (Wildman–Crippen LogP) is 4.67. The Hall–Kier alpha value is -3.85. The number of rotatable bonds is 5. The number of imide groups is 1. The Morgan fingerprint density at radius 2 is 1.70 bits per heavy atom. The van der Waals surface area contributed by atoms with Gasteiger partial charge in [-0.25, -0.2) is 4.39 Å². The smallest absolute Gasteiger partial charge is 0.255 e. The fourth-order valence-corrected chi connectivity index (χ4v) is 7.55. The van der Waals surface area contributed by atoms with Gasteiger partial charge in [0.15, 0.2) is 0 Å². The van der Waals surface area contributed by atoms with Crippen LogP contribution in [0.25, 0.3) is 5.57 Å². The SMILES string of the molecule is CC1CN(Cc2ccc3c(c2)CN(C2CCC(=O)NC2=O)C3=O)CC(C)N1C(=O)C1=C(c2ccc(F)cc2)CC(C)(C)CC1. The van der Waals surface area contributed by atoms with Crippen LogP contribution in [0.2, 0.25) is 0 Å². The molecule has 3 heterocycles. The summed E-state index contributed by atoms with van der Waals surface area (Å²) in [6, 6.07) is 11.8. The van der Waals surface area contributed by atoms with Crippen molar-refractivity contribution in [2.24, 2.45) is 5.41 Å². The van der Waals surface area contributed by atoms with E-state index < -0.39 is 11.9 Å². The van der Waals surface area contributed by atoms with Crippen molar-refractivity contribution in [3.05, 3.63) is 76.1 Å². The van der Waals surface area contributed by atoms with E-state index in [-0.39, 0.29) is 47.5 Å².